The molecule has 0 N–H and O–H groups in total. The summed E-state index contributed by atoms with van der Waals surface area (Å²) in [6.07, 6.45) is 6.30. The van der Waals surface area contributed by atoms with Crippen LogP contribution in [0.25, 0.3) is 0 Å². The van der Waals surface area contributed by atoms with Crippen molar-refractivity contribution in [3.63, 3.8) is 0 Å². The van der Waals surface area contributed by atoms with Crippen LogP contribution in [0.3, 0.4) is 0 Å². The molecule has 1 aliphatic heterocycles. The summed E-state index contributed by atoms with van der Waals surface area (Å²) in [4.78, 5) is 6.98. The highest BCUT2D eigenvalue weighted by molar-refractivity contribution is 5.41. The smallest absolute Gasteiger partial charge is 0.128 e. The topological polar surface area (TPSA) is 16.1 Å². The Balaban J connectivity index is 1.76. The first-order chi connectivity index (χ1) is 7.33. The van der Waals surface area contributed by atoms with E-state index in [9.17, 15) is 0 Å². The number of aromatic nitrogens is 1. The molecule has 80 valence electrons. The average molecular weight is 202 g/mol. The highest BCUT2D eigenvalue weighted by Crippen LogP contribution is 2.38. The predicted molar refractivity (Wildman–Crippen MR) is 62.0 cm³/mol. The van der Waals surface area contributed by atoms with Gasteiger partial charge in [0.2, 0.25) is 0 Å². The van der Waals surface area contributed by atoms with E-state index >= 15 is 0 Å². The van der Waals surface area contributed by atoms with Crippen molar-refractivity contribution in [1.29, 1.82) is 0 Å². The largest absolute Gasteiger partial charge is 0.356 e. The lowest BCUT2D eigenvalue weighted by atomic mass is 10.0. The van der Waals surface area contributed by atoms with Crippen molar-refractivity contribution in [2.75, 3.05) is 18.0 Å². The van der Waals surface area contributed by atoms with E-state index in [2.05, 4.69) is 28.9 Å². The lowest BCUT2D eigenvalue weighted by molar-refractivity contribution is 0.494. The second-order valence-electron chi connectivity index (χ2n) is 5.05. The Bertz CT molecular complexity index is 332. The molecule has 0 spiro atoms. The molecule has 0 amide bonds. The van der Waals surface area contributed by atoms with Gasteiger partial charge in [0.25, 0.3) is 0 Å². The number of rotatable bonds is 1. The Morgan fingerprint density at radius 2 is 1.93 bits per heavy atom. The van der Waals surface area contributed by atoms with Gasteiger partial charge in [-0.2, -0.15) is 0 Å². The lowest BCUT2D eigenvalue weighted by Crippen LogP contribution is -2.21. The number of aryl methyl sites for hydroxylation is 1. The van der Waals surface area contributed by atoms with Gasteiger partial charge in [0, 0.05) is 19.3 Å². The molecular formula is C13H18N2. The van der Waals surface area contributed by atoms with E-state index in [1.54, 1.807) is 0 Å². The molecular weight excluding hydrogens is 184 g/mol. The summed E-state index contributed by atoms with van der Waals surface area (Å²) in [6, 6.07) is 4.33. The SMILES string of the molecule is Cc1ccc(N2CC3CCCC3C2)nc1. The van der Waals surface area contributed by atoms with Crippen molar-refractivity contribution in [1.82, 2.24) is 4.98 Å². The minimum Gasteiger partial charge on any atom is -0.356 e. The molecule has 2 atom stereocenters. The fraction of sp³-hybridized carbons (Fsp3) is 0.615. The molecule has 1 aliphatic carbocycles. The molecule has 2 heteroatoms. The Hall–Kier alpha value is -1.05. The molecule has 1 aromatic rings. The van der Waals surface area contributed by atoms with Gasteiger partial charge in [0.15, 0.2) is 0 Å². The summed E-state index contributed by atoms with van der Waals surface area (Å²) in [5.41, 5.74) is 1.25. The molecule has 1 saturated heterocycles. The predicted octanol–water partition coefficient (Wildman–Crippen LogP) is 2.63. The number of hydrogen-bond acceptors (Lipinski definition) is 2. The van der Waals surface area contributed by atoms with Crippen LogP contribution >= 0.6 is 0 Å². The quantitative estimate of drug-likeness (QED) is 0.696. The summed E-state index contributed by atoms with van der Waals surface area (Å²) >= 11 is 0. The van der Waals surface area contributed by atoms with Crippen LogP contribution in [-0.2, 0) is 0 Å². The van der Waals surface area contributed by atoms with E-state index in [1.807, 2.05) is 6.20 Å². The van der Waals surface area contributed by atoms with Gasteiger partial charge in [0.1, 0.15) is 5.82 Å². The molecule has 0 bridgehead atoms. The van der Waals surface area contributed by atoms with Crippen molar-refractivity contribution >= 4 is 5.82 Å². The van der Waals surface area contributed by atoms with Crippen LogP contribution in [0, 0.1) is 18.8 Å². The number of hydrogen-bond donors (Lipinski definition) is 0. The number of fused-ring (bicyclic) bond motifs is 1. The zero-order valence-electron chi connectivity index (χ0n) is 9.32. The fourth-order valence-electron chi connectivity index (χ4n) is 3.07. The van der Waals surface area contributed by atoms with Gasteiger partial charge in [0.05, 0.1) is 0 Å². The summed E-state index contributed by atoms with van der Waals surface area (Å²) < 4.78 is 0. The molecule has 1 aromatic heterocycles. The van der Waals surface area contributed by atoms with Gasteiger partial charge in [-0.25, -0.2) is 4.98 Å². The van der Waals surface area contributed by atoms with Crippen LogP contribution in [0.5, 0.6) is 0 Å². The summed E-state index contributed by atoms with van der Waals surface area (Å²) in [6.45, 7) is 4.57. The second-order valence-corrected chi connectivity index (χ2v) is 5.05. The first kappa shape index (κ1) is 9.20. The molecule has 15 heavy (non-hydrogen) atoms. The van der Waals surface area contributed by atoms with Crippen molar-refractivity contribution in [2.45, 2.75) is 26.2 Å². The molecule has 0 aromatic carbocycles. The molecule has 2 nitrogen and oxygen atoms in total. The van der Waals surface area contributed by atoms with Gasteiger partial charge < -0.3 is 4.90 Å². The number of anilines is 1. The summed E-state index contributed by atoms with van der Waals surface area (Å²) in [7, 11) is 0. The summed E-state index contributed by atoms with van der Waals surface area (Å²) in [5, 5.41) is 0. The molecule has 1 saturated carbocycles. The van der Waals surface area contributed by atoms with Crippen molar-refractivity contribution in [3.05, 3.63) is 23.9 Å². The van der Waals surface area contributed by atoms with Crippen molar-refractivity contribution < 1.29 is 0 Å². The Labute approximate surface area is 91.3 Å². The monoisotopic (exact) mass is 202 g/mol. The second kappa shape index (κ2) is 3.51. The first-order valence-electron chi connectivity index (χ1n) is 6.00. The van der Waals surface area contributed by atoms with Gasteiger partial charge in [-0.15, -0.1) is 0 Å². The van der Waals surface area contributed by atoms with Crippen LogP contribution in [0.2, 0.25) is 0 Å². The summed E-state index contributed by atoms with van der Waals surface area (Å²) in [5.74, 6) is 3.08. The minimum absolute atomic E-state index is 0.952. The third-order valence-corrected chi connectivity index (χ3v) is 3.95. The van der Waals surface area contributed by atoms with Crippen LogP contribution in [-0.4, -0.2) is 18.1 Å². The Morgan fingerprint density at radius 3 is 2.53 bits per heavy atom. The molecule has 2 unspecified atom stereocenters. The van der Waals surface area contributed by atoms with Crippen LogP contribution in [0.1, 0.15) is 24.8 Å². The third-order valence-electron chi connectivity index (χ3n) is 3.95. The lowest BCUT2D eigenvalue weighted by Gasteiger charge is -2.18. The van der Waals surface area contributed by atoms with Gasteiger partial charge in [-0.1, -0.05) is 12.5 Å². The molecule has 2 heterocycles. The highest BCUT2D eigenvalue weighted by atomic mass is 15.2. The van der Waals surface area contributed by atoms with E-state index in [0.717, 1.165) is 11.8 Å². The third kappa shape index (κ3) is 1.62. The highest BCUT2D eigenvalue weighted by Gasteiger charge is 2.36. The standard InChI is InChI=1S/C13H18N2/c1-10-5-6-13(14-7-10)15-8-11-3-2-4-12(11)9-15/h5-7,11-12H,2-4,8-9H2,1H3. The van der Waals surface area contributed by atoms with E-state index in [1.165, 1.54) is 43.7 Å². The molecule has 3 rings (SSSR count). The molecule has 0 radical (unpaired) electrons. The van der Waals surface area contributed by atoms with Crippen molar-refractivity contribution in [2.24, 2.45) is 11.8 Å². The maximum Gasteiger partial charge on any atom is 0.128 e. The Kier molecular flexibility index (Phi) is 2.15. The zero-order chi connectivity index (χ0) is 10.3. The van der Waals surface area contributed by atoms with Crippen LogP contribution < -0.4 is 4.90 Å². The van der Waals surface area contributed by atoms with E-state index in [-0.39, 0.29) is 0 Å². The van der Waals surface area contributed by atoms with Crippen molar-refractivity contribution in [3.8, 4) is 0 Å². The molecule has 2 aliphatic rings. The van der Waals surface area contributed by atoms with Crippen LogP contribution in [0.15, 0.2) is 18.3 Å². The maximum absolute atomic E-state index is 4.51. The maximum atomic E-state index is 4.51. The minimum atomic E-state index is 0.952. The van der Waals surface area contributed by atoms with Gasteiger partial charge in [-0.05, 0) is 43.2 Å². The number of nitrogens with zero attached hydrogens (tertiary/aromatic N) is 2. The van der Waals surface area contributed by atoms with E-state index in [4.69, 9.17) is 0 Å². The van der Waals surface area contributed by atoms with Gasteiger partial charge in [-0.3, -0.25) is 0 Å². The fourth-order valence-corrected chi connectivity index (χ4v) is 3.07. The first-order valence-corrected chi connectivity index (χ1v) is 6.00. The van der Waals surface area contributed by atoms with Crippen LogP contribution in [0.4, 0.5) is 5.82 Å². The zero-order valence-corrected chi connectivity index (χ0v) is 9.32. The Morgan fingerprint density at radius 1 is 1.20 bits per heavy atom. The number of pyridine rings is 1. The van der Waals surface area contributed by atoms with E-state index < -0.39 is 0 Å². The normalized spacial score (nSPS) is 29.5. The molecule has 2 fully saturated rings. The van der Waals surface area contributed by atoms with E-state index in [0.29, 0.717) is 0 Å². The van der Waals surface area contributed by atoms with Gasteiger partial charge >= 0.3 is 0 Å². The average Bonchev–Trinajstić information content (AvgIpc) is 2.78.